The van der Waals surface area contributed by atoms with Crippen molar-refractivity contribution in [2.45, 2.75) is 0 Å². The van der Waals surface area contributed by atoms with Gasteiger partial charge in [0.1, 0.15) is 0 Å². The smallest absolute Gasteiger partial charge is 0.238 e. The number of amides is 2. The zero-order valence-corrected chi connectivity index (χ0v) is 18.3. The van der Waals surface area contributed by atoms with E-state index in [1.165, 1.54) is 10.5 Å². The number of rotatable bonds is 3. The molecular formula is C29H21NO4. The molecule has 2 aliphatic heterocycles. The average molecular weight is 447 g/mol. The summed E-state index contributed by atoms with van der Waals surface area (Å²) in [5, 5.41) is 0. The van der Waals surface area contributed by atoms with Crippen LogP contribution in [0.3, 0.4) is 0 Å². The maximum atomic E-state index is 13.7. The molecule has 34 heavy (non-hydrogen) atoms. The van der Waals surface area contributed by atoms with Crippen molar-refractivity contribution in [2.24, 2.45) is 23.7 Å². The first kappa shape index (κ1) is 19.4. The van der Waals surface area contributed by atoms with Gasteiger partial charge in [0.15, 0.2) is 11.5 Å². The van der Waals surface area contributed by atoms with Gasteiger partial charge in [-0.25, -0.2) is 4.90 Å². The Hall–Kier alpha value is -4.12. The highest BCUT2D eigenvalue weighted by Crippen LogP contribution is 2.59. The summed E-state index contributed by atoms with van der Waals surface area (Å²) in [6.07, 6.45) is 4.25. The van der Waals surface area contributed by atoms with E-state index in [1.54, 1.807) is 18.2 Å². The zero-order chi connectivity index (χ0) is 22.8. The van der Waals surface area contributed by atoms with Crippen LogP contribution < -0.4 is 14.4 Å². The molecule has 4 aliphatic rings. The first-order valence-corrected chi connectivity index (χ1v) is 11.5. The van der Waals surface area contributed by atoms with Gasteiger partial charge in [-0.15, -0.1) is 0 Å². The van der Waals surface area contributed by atoms with Gasteiger partial charge in [-0.1, -0.05) is 72.8 Å². The van der Waals surface area contributed by atoms with Gasteiger partial charge in [0, 0.05) is 17.9 Å². The first-order valence-electron chi connectivity index (χ1n) is 11.5. The normalized spacial score (nSPS) is 25.9. The second kappa shape index (κ2) is 7.19. The fraction of sp³-hybridized carbons (Fsp3) is 0.172. The summed E-state index contributed by atoms with van der Waals surface area (Å²) in [4.78, 5) is 28.8. The molecule has 1 saturated carbocycles. The summed E-state index contributed by atoms with van der Waals surface area (Å²) in [6, 6.07) is 25.8. The largest absolute Gasteiger partial charge is 0.454 e. The van der Waals surface area contributed by atoms with E-state index < -0.39 is 0 Å². The van der Waals surface area contributed by atoms with Crippen molar-refractivity contribution in [2.75, 3.05) is 11.7 Å². The van der Waals surface area contributed by atoms with Gasteiger partial charge in [0.05, 0.1) is 17.5 Å². The molecule has 3 aromatic rings. The molecule has 2 fully saturated rings. The summed E-state index contributed by atoms with van der Waals surface area (Å²) in [5.41, 5.74) is 5.07. The SMILES string of the molecule is O=C1[C@@H]2[C@H](C(=O)N1c1ccc3c(c1)OCO3)[C@H]1C=C[C@H]2C1=C(c1ccccc1)c1ccccc1. The van der Waals surface area contributed by atoms with E-state index in [0.717, 1.165) is 16.7 Å². The van der Waals surface area contributed by atoms with Crippen LogP contribution in [-0.2, 0) is 9.59 Å². The van der Waals surface area contributed by atoms with Crippen LogP contribution in [0.25, 0.3) is 5.57 Å². The van der Waals surface area contributed by atoms with Gasteiger partial charge < -0.3 is 9.47 Å². The Morgan fingerprint density at radius 3 is 1.85 bits per heavy atom. The molecule has 0 aromatic heterocycles. The Balaban J connectivity index is 1.34. The Morgan fingerprint density at radius 1 is 0.706 bits per heavy atom. The first-order chi connectivity index (χ1) is 16.7. The van der Waals surface area contributed by atoms with Crippen LogP contribution in [0.5, 0.6) is 11.5 Å². The number of carbonyl (C=O) groups is 2. The van der Waals surface area contributed by atoms with Gasteiger partial charge in [-0.3, -0.25) is 9.59 Å². The Bertz CT molecular complexity index is 1320. The lowest BCUT2D eigenvalue weighted by Gasteiger charge is -2.21. The monoisotopic (exact) mass is 447 g/mol. The van der Waals surface area contributed by atoms with Crippen molar-refractivity contribution in [3.05, 3.63) is 108 Å². The van der Waals surface area contributed by atoms with Crippen LogP contribution in [0.15, 0.2) is 96.6 Å². The second-order valence-corrected chi connectivity index (χ2v) is 9.10. The molecule has 2 bridgehead atoms. The van der Waals surface area contributed by atoms with E-state index in [9.17, 15) is 9.59 Å². The van der Waals surface area contributed by atoms with E-state index >= 15 is 0 Å². The van der Waals surface area contributed by atoms with Crippen LogP contribution in [0.2, 0.25) is 0 Å². The van der Waals surface area contributed by atoms with Crippen molar-refractivity contribution < 1.29 is 19.1 Å². The minimum atomic E-state index is -0.384. The summed E-state index contributed by atoms with van der Waals surface area (Å²) in [7, 11) is 0. The van der Waals surface area contributed by atoms with E-state index in [2.05, 4.69) is 36.4 Å². The molecule has 3 aromatic carbocycles. The Morgan fingerprint density at radius 2 is 1.26 bits per heavy atom. The number of carbonyl (C=O) groups excluding carboxylic acids is 2. The Kier molecular flexibility index (Phi) is 4.09. The van der Waals surface area contributed by atoms with Gasteiger partial charge in [0.25, 0.3) is 0 Å². The third kappa shape index (κ3) is 2.61. The van der Waals surface area contributed by atoms with Crippen molar-refractivity contribution in [3.63, 3.8) is 0 Å². The van der Waals surface area contributed by atoms with Crippen molar-refractivity contribution >= 4 is 23.1 Å². The fourth-order valence-electron chi connectivity index (χ4n) is 6.08. The van der Waals surface area contributed by atoms with E-state index in [4.69, 9.17) is 9.47 Å². The number of anilines is 1. The molecule has 4 atom stereocenters. The average Bonchev–Trinajstić information content (AvgIpc) is 3.63. The predicted octanol–water partition coefficient (Wildman–Crippen LogP) is 4.84. The van der Waals surface area contributed by atoms with E-state index in [-0.39, 0.29) is 42.3 Å². The predicted molar refractivity (Wildman–Crippen MR) is 127 cm³/mol. The van der Waals surface area contributed by atoms with E-state index in [1.807, 2.05) is 36.4 Å². The summed E-state index contributed by atoms with van der Waals surface area (Å²) < 4.78 is 10.9. The quantitative estimate of drug-likeness (QED) is 0.426. The number of hydrogen-bond acceptors (Lipinski definition) is 4. The van der Waals surface area contributed by atoms with Crippen LogP contribution in [-0.4, -0.2) is 18.6 Å². The molecule has 0 spiro atoms. The molecule has 0 unspecified atom stereocenters. The minimum Gasteiger partial charge on any atom is -0.454 e. The minimum absolute atomic E-state index is 0.0964. The van der Waals surface area contributed by atoms with Gasteiger partial charge >= 0.3 is 0 Å². The highest BCUT2D eigenvalue weighted by atomic mass is 16.7. The highest BCUT2D eigenvalue weighted by Gasteiger charge is 2.62. The number of ether oxygens (including phenoxy) is 2. The van der Waals surface area contributed by atoms with Crippen molar-refractivity contribution in [1.82, 2.24) is 0 Å². The molecule has 7 rings (SSSR count). The Labute approximate surface area is 196 Å². The van der Waals surface area contributed by atoms with E-state index in [0.29, 0.717) is 17.2 Å². The van der Waals surface area contributed by atoms with Gasteiger partial charge in [-0.2, -0.15) is 0 Å². The highest BCUT2D eigenvalue weighted by molar-refractivity contribution is 6.23. The summed E-state index contributed by atoms with van der Waals surface area (Å²) in [6.45, 7) is 0.149. The molecule has 2 amide bonds. The standard InChI is InChI=1S/C29H21NO4/c31-28-26-20-12-13-21(25(20)24(17-7-3-1-4-8-17)18-9-5-2-6-10-18)27(26)29(32)30(28)19-11-14-22-23(15-19)34-16-33-22/h1-15,20-21,26-27H,16H2/t20-,21-,26-,27+/m0/s1. The third-order valence-electron chi connectivity index (χ3n) is 7.44. The lowest BCUT2D eigenvalue weighted by molar-refractivity contribution is -0.122. The molecule has 0 radical (unpaired) electrons. The zero-order valence-electron chi connectivity index (χ0n) is 18.3. The molecule has 2 aliphatic carbocycles. The van der Waals surface area contributed by atoms with Gasteiger partial charge in [-0.05, 0) is 34.4 Å². The van der Waals surface area contributed by atoms with Gasteiger partial charge in [0.2, 0.25) is 18.6 Å². The van der Waals surface area contributed by atoms with Crippen LogP contribution in [0.1, 0.15) is 11.1 Å². The fourth-order valence-corrected chi connectivity index (χ4v) is 6.08. The molecule has 1 saturated heterocycles. The number of benzene rings is 3. The van der Waals surface area contributed by atoms with Crippen LogP contribution in [0.4, 0.5) is 5.69 Å². The number of allylic oxidation sites excluding steroid dienone is 3. The molecule has 0 N–H and O–H groups in total. The van der Waals surface area contributed by atoms with Crippen LogP contribution >= 0.6 is 0 Å². The number of hydrogen-bond donors (Lipinski definition) is 0. The topological polar surface area (TPSA) is 55.8 Å². The maximum absolute atomic E-state index is 13.7. The lowest BCUT2D eigenvalue weighted by atomic mass is 9.85. The third-order valence-corrected chi connectivity index (χ3v) is 7.44. The molecule has 2 heterocycles. The molecular weight excluding hydrogens is 426 g/mol. The van der Waals surface area contributed by atoms with Crippen molar-refractivity contribution in [1.29, 1.82) is 0 Å². The number of fused-ring (bicyclic) bond motifs is 6. The van der Waals surface area contributed by atoms with Crippen molar-refractivity contribution in [3.8, 4) is 11.5 Å². The number of nitrogens with zero attached hydrogens (tertiary/aromatic N) is 1. The summed E-state index contributed by atoms with van der Waals surface area (Å²) in [5.74, 6) is -0.0394. The molecule has 5 nitrogen and oxygen atoms in total. The molecule has 166 valence electrons. The lowest BCUT2D eigenvalue weighted by Crippen LogP contribution is -2.33. The summed E-state index contributed by atoms with van der Waals surface area (Å²) >= 11 is 0. The molecule has 5 heteroatoms. The van der Waals surface area contributed by atoms with Crippen LogP contribution in [0, 0.1) is 23.7 Å². The maximum Gasteiger partial charge on any atom is 0.238 e. The number of imide groups is 1. The second-order valence-electron chi connectivity index (χ2n) is 9.10.